The van der Waals surface area contributed by atoms with Gasteiger partial charge in [-0.05, 0) is 30.0 Å². The lowest BCUT2D eigenvalue weighted by Gasteiger charge is -2.15. The number of carbonyl (C=O) groups is 1. The van der Waals surface area contributed by atoms with Crippen molar-refractivity contribution in [2.24, 2.45) is 0 Å². The predicted octanol–water partition coefficient (Wildman–Crippen LogP) is 2.94. The highest BCUT2D eigenvalue weighted by Gasteiger charge is 2.20. The van der Waals surface area contributed by atoms with Gasteiger partial charge in [-0.1, -0.05) is 36.4 Å². The van der Waals surface area contributed by atoms with Crippen molar-refractivity contribution in [2.45, 2.75) is 13.3 Å². The van der Waals surface area contributed by atoms with E-state index in [1.807, 2.05) is 42.5 Å². The minimum Gasteiger partial charge on any atom is -0.462 e. The molecule has 0 radical (unpaired) electrons. The summed E-state index contributed by atoms with van der Waals surface area (Å²) in [5.41, 5.74) is 2.81. The maximum atomic E-state index is 11.8. The molecule has 3 heteroatoms. The Labute approximate surface area is 106 Å². The molecule has 0 amide bonds. The molecule has 1 aromatic rings. The first kappa shape index (κ1) is 12.1. The molecule has 1 aromatic carbocycles. The summed E-state index contributed by atoms with van der Waals surface area (Å²) in [5.74, 6) is -0.542. The highest BCUT2D eigenvalue weighted by Crippen LogP contribution is 2.31. The Kier molecular flexibility index (Phi) is 3.59. The zero-order valence-corrected chi connectivity index (χ0v) is 10.1. The molecule has 0 spiro atoms. The Balaban J connectivity index is 2.53. The quantitative estimate of drug-likeness (QED) is 0.453. The minimum absolute atomic E-state index is 0.105. The number of nitrogens with zero attached hydrogens (tertiary/aromatic N) is 1. The Morgan fingerprint density at radius 2 is 2.22 bits per heavy atom. The first-order valence-corrected chi connectivity index (χ1v) is 5.84. The van der Waals surface area contributed by atoms with Crippen LogP contribution in [0.3, 0.4) is 0 Å². The van der Waals surface area contributed by atoms with E-state index in [0.29, 0.717) is 6.42 Å². The average molecular weight is 239 g/mol. The topological polar surface area (TPSA) is 50.1 Å². The molecule has 0 saturated carbocycles. The van der Waals surface area contributed by atoms with Gasteiger partial charge in [-0.25, -0.2) is 4.79 Å². The van der Waals surface area contributed by atoms with Crippen molar-refractivity contribution in [1.29, 1.82) is 5.26 Å². The molecule has 0 aromatic heterocycles. The summed E-state index contributed by atoms with van der Waals surface area (Å²) in [7, 11) is 0. The van der Waals surface area contributed by atoms with Crippen molar-refractivity contribution < 1.29 is 9.53 Å². The first-order valence-electron chi connectivity index (χ1n) is 5.84. The van der Waals surface area contributed by atoms with Gasteiger partial charge in [-0.3, -0.25) is 0 Å². The lowest BCUT2D eigenvalue weighted by Crippen LogP contribution is -2.10. The van der Waals surface area contributed by atoms with Crippen LogP contribution in [0.5, 0.6) is 0 Å². The molecule has 0 saturated heterocycles. The molecule has 0 heterocycles. The summed E-state index contributed by atoms with van der Waals surface area (Å²) in [6.45, 7) is 2.00. The van der Waals surface area contributed by atoms with Crippen molar-refractivity contribution in [3.05, 3.63) is 47.0 Å². The van der Waals surface area contributed by atoms with Gasteiger partial charge in [0.25, 0.3) is 0 Å². The van der Waals surface area contributed by atoms with Crippen LogP contribution in [0.25, 0.3) is 11.6 Å². The van der Waals surface area contributed by atoms with Crippen molar-refractivity contribution in [2.75, 3.05) is 6.61 Å². The normalized spacial score (nSPS) is 15.6. The smallest absolute Gasteiger partial charge is 0.349 e. The lowest BCUT2D eigenvalue weighted by molar-refractivity contribution is -0.137. The second-order valence-electron chi connectivity index (χ2n) is 3.88. The van der Waals surface area contributed by atoms with Gasteiger partial charge < -0.3 is 4.74 Å². The number of carbonyl (C=O) groups excluding carboxylic acids is 1. The van der Waals surface area contributed by atoms with E-state index in [1.165, 1.54) is 0 Å². The van der Waals surface area contributed by atoms with Crippen LogP contribution >= 0.6 is 0 Å². The number of hydrogen-bond donors (Lipinski definition) is 0. The Hall–Kier alpha value is -2.34. The van der Waals surface area contributed by atoms with Crippen LogP contribution < -0.4 is 0 Å². The fourth-order valence-electron chi connectivity index (χ4n) is 2.01. The minimum atomic E-state index is -0.542. The van der Waals surface area contributed by atoms with E-state index in [1.54, 1.807) is 6.92 Å². The van der Waals surface area contributed by atoms with Gasteiger partial charge in [-0.15, -0.1) is 0 Å². The summed E-state index contributed by atoms with van der Waals surface area (Å²) >= 11 is 0. The van der Waals surface area contributed by atoms with E-state index >= 15 is 0 Å². The molecule has 0 unspecified atom stereocenters. The summed E-state index contributed by atoms with van der Waals surface area (Å²) in [6, 6.07) is 9.69. The van der Waals surface area contributed by atoms with Crippen LogP contribution in [0.2, 0.25) is 0 Å². The third kappa shape index (κ3) is 2.18. The summed E-state index contributed by atoms with van der Waals surface area (Å²) < 4.78 is 4.92. The molecule has 2 rings (SSSR count). The summed E-state index contributed by atoms with van der Waals surface area (Å²) in [6.07, 6.45) is 4.53. The molecule has 18 heavy (non-hydrogen) atoms. The Morgan fingerprint density at radius 3 is 2.94 bits per heavy atom. The largest absolute Gasteiger partial charge is 0.462 e. The third-order valence-electron chi connectivity index (χ3n) is 2.80. The van der Waals surface area contributed by atoms with Crippen LogP contribution in [0.15, 0.2) is 35.9 Å². The van der Waals surface area contributed by atoms with Crippen molar-refractivity contribution in [3.8, 4) is 6.07 Å². The van der Waals surface area contributed by atoms with Gasteiger partial charge in [0.2, 0.25) is 0 Å². The molecule has 90 valence electrons. The van der Waals surface area contributed by atoms with Gasteiger partial charge in [0.05, 0.1) is 6.61 Å². The number of rotatable bonds is 2. The number of nitriles is 1. The monoisotopic (exact) mass is 239 g/mol. The van der Waals surface area contributed by atoms with Gasteiger partial charge in [-0.2, -0.15) is 5.26 Å². The van der Waals surface area contributed by atoms with Crippen molar-refractivity contribution in [3.63, 3.8) is 0 Å². The second kappa shape index (κ2) is 5.33. The SMILES string of the molecule is CCOC(=O)/C(C#N)=C1/CC=Cc2ccccc21. The number of fused-ring (bicyclic) bond motifs is 1. The van der Waals surface area contributed by atoms with Crippen LogP contribution in [0.1, 0.15) is 24.5 Å². The van der Waals surface area contributed by atoms with Crippen LogP contribution in [-0.4, -0.2) is 12.6 Å². The fourth-order valence-corrected chi connectivity index (χ4v) is 2.01. The second-order valence-corrected chi connectivity index (χ2v) is 3.88. The number of ether oxygens (including phenoxy) is 1. The first-order chi connectivity index (χ1) is 8.77. The van der Waals surface area contributed by atoms with Crippen molar-refractivity contribution >= 4 is 17.6 Å². The molecule has 1 aliphatic rings. The molecule has 0 aliphatic heterocycles. The maximum absolute atomic E-state index is 11.8. The number of allylic oxidation sites excluding steroid dienone is 2. The highest BCUT2D eigenvalue weighted by molar-refractivity contribution is 6.03. The summed E-state index contributed by atoms with van der Waals surface area (Å²) in [4.78, 5) is 11.8. The molecular formula is C15H13NO2. The Morgan fingerprint density at radius 1 is 1.44 bits per heavy atom. The predicted molar refractivity (Wildman–Crippen MR) is 69.3 cm³/mol. The number of benzene rings is 1. The maximum Gasteiger partial charge on any atom is 0.349 e. The molecule has 0 atom stereocenters. The fraction of sp³-hybridized carbons (Fsp3) is 0.200. The zero-order chi connectivity index (χ0) is 13.0. The van der Waals surface area contributed by atoms with Gasteiger partial charge in [0, 0.05) is 0 Å². The molecule has 1 aliphatic carbocycles. The van der Waals surface area contributed by atoms with Gasteiger partial charge >= 0.3 is 5.97 Å². The van der Waals surface area contributed by atoms with E-state index < -0.39 is 5.97 Å². The van der Waals surface area contributed by atoms with Crippen molar-refractivity contribution in [1.82, 2.24) is 0 Å². The van der Waals surface area contributed by atoms with E-state index in [9.17, 15) is 4.79 Å². The molecule has 0 N–H and O–H groups in total. The van der Waals surface area contributed by atoms with Gasteiger partial charge in [0.15, 0.2) is 0 Å². The molecular weight excluding hydrogens is 226 g/mol. The van der Waals surface area contributed by atoms with Crippen LogP contribution in [-0.2, 0) is 9.53 Å². The lowest BCUT2D eigenvalue weighted by atomic mass is 9.89. The standard InChI is InChI=1S/C15H13NO2/c1-2-18-15(17)14(10-16)13-9-5-7-11-6-3-4-8-12(11)13/h3-8H,2,9H2,1H3/b14-13-. The molecule has 0 bridgehead atoms. The van der Waals surface area contributed by atoms with E-state index in [2.05, 4.69) is 0 Å². The van der Waals surface area contributed by atoms with E-state index in [0.717, 1.165) is 16.7 Å². The number of hydrogen-bond acceptors (Lipinski definition) is 3. The van der Waals surface area contributed by atoms with Crippen LogP contribution in [0.4, 0.5) is 0 Å². The Bertz CT molecular complexity index is 576. The van der Waals surface area contributed by atoms with E-state index in [-0.39, 0.29) is 12.2 Å². The molecule has 3 nitrogen and oxygen atoms in total. The summed E-state index contributed by atoms with van der Waals surface area (Å²) in [5, 5.41) is 9.17. The average Bonchev–Trinajstić information content (AvgIpc) is 2.40. The van der Waals surface area contributed by atoms with Crippen LogP contribution in [0, 0.1) is 11.3 Å². The van der Waals surface area contributed by atoms with E-state index in [4.69, 9.17) is 10.00 Å². The molecule has 0 fully saturated rings. The highest BCUT2D eigenvalue weighted by atomic mass is 16.5. The zero-order valence-electron chi connectivity index (χ0n) is 10.1. The third-order valence-corrected chi connectivity index (χ3v) is 2.80. The van der Waals surface area contributed by atoms with Gasteiger partial charge in [0.1, 0.15) is 11.6 Å². The number of esters is 1.